The number of sulfone groups is 1. The van der Waals surface area contributed by atoms with Crippen LogP contribution in [0.1, 0.15) is 94.2 Å². The molecule has 4 aromatic carbocycles. The number of benzene rings is 4. The summed E-state index contributed by atoms with van der Waals surface area (Å²) in [6, 6.07) is 11.8. The Morgan fingerprint density at radius 2 is 0.938 bits per heavy atom. The van der Waals surface area contributed by atoms with Gasteiger partial charge in [-0.2, -0.15) is 10.5 Å². The minimum Gasteiger partial charge on any atom is -0.444 e. The summed E-state index contributed by atoms with van der Waals surface area (Å²) in [4.78, 5) is 74.6. The van der Waals surface area contributed by atoms with E-state index in [2.05, 4.69) is 30.6 Å². The minimum absolute atomic E-state index is 0.00575. The first-order chi connectivity index (χ1) is 44.7. The predicted octanol–water partition coefficient (Wildman–Crippen LogP) is 15.6. The fourth-order valence-electron chi connectivity index (χ4n) is 10.3. The fraction of sp³-hybridized carbons (Fsp3) is 0.406. The average Bonchev–Trinajstić information content (AvgIpc) is 1.26. The lowest BCUT2D eigenvalue weighted by Gasteiger charge is -2.36. The van der Waals surface area contributed by atoms with Crippen LogP contribution < -0.4 is 20.4 Å². The van der Waals surface area contributed by atoms with Crippen LogP contribution in [0.5, 0.6) is 0 Å². The second-order valence-electron chi connectivity index (χ2n) is 26.1. The molecule has 2 aliphatic heterocycles. The average molecular weight is 1440 g/mol. The number of anilines is 4. The van der Waals surface area contributed by atoms with Gasteiger partial charge in [-0.25, -0.2) is 65.1 Å². The number of carbonyl (C=O) groups excluding carboxylic acids is 4. The molecule has 4 aromatic heterocycles. The van der Waals surface area contributed by atoms with E-state index in [1.54, 1.807) is 105 Å². The van der Waals surface area contributed by atoms with Crippen molar-refractivity contribution in [1.82, 2.24) is 29.7 Å². The van der Waals surface area contributed by atoms with E-state index in [4.69, 9.17) is 42.1 Å². The van der Waals surface area contributed by atoms with E-state index >= 15 is 17.6 Å². The number of nitrogens with one attached hydrogen (secondary N) is 2. The smallest absolute Gasteiger partial charge is 0.412 e. The Balaban J connectivity index is 0.000000226. The van der Waals surface area contributed by atoms with Gasteiger partial charge in [0.05, 0.1) is 30.6 Å². The van der Waals surface area contributed by atoms with Gasteiger partial charge in [0.2, 0.25) is 15.0 Å². The highest BCUT2D eigenvalue weighted by Crippen LogP contribution is 2.49. The van der Waals surface area contributed by atoms with Crippen molar-refractivity contribution in [2.24, 2.45) is 0 Å². The van der Waals surface area contributed by atoms with Crippen molar-refractivity contribution < 1.29 is 64.1 Å². The van der Waals surface area contributed by atoms with Gasteiger partial charge >= 0.3 is 24.4 Å². The van der Waals surface area contributed by atoms with Gasteiger partial charge in [0.15, 0.2) is 16.8 Å². The molecular formula is C64H66Cl2F4N12O10S4. The maximum Gasteiger partial charge on any atom is 0.412 e. The van der Waals surface area contributed by atoms with E-state index in [1.807, 2.05) is 17.0 Å². The number of ether oxygens (including phenoxy) is 4. The zero-order chi connectivity index (χ0) is 70.6. The van der Waals surface area contributed by atoms with Gasteiger partial charge < -0.3 is 38.5 Å². The molecule has 4 amide bonds. The number of hydrogen-bond donors (Lipinski definition) is 2. The maximum absolute atomic E-state index is 16.8. The molecule has 0 atom stereocenters. The van der Waals surface area contributed by atoms with E-state index in [0.717, 1.165) is 41.1 Å². The van der Waals surface area contributed by atoms with E-state index < -0.39 is 85.0 Å². The summed E-state index contributed by atoms with van der Waals surface area (Å²) in [6.45, 7) is 23.1. The molecule has 96 heavy (non-hydrogen) atoms. The molecular weight excluding hydrogens is 1370 g/mol. The third-order valence-corrected chi connectivity index (χ3v) is 18.5. The Labute approximate surface area is 572 Å². The highest BCUT2D eigenvalue weighted by atomic mass is 35.5. The van der Waals surface area contributed by atoms with Gasteiger partial charge in [-0.3, -0.25) is 10.6 Å². The highest BCUT2D eigenvalue weighted by molar-refractivity contribution is 7.98. The summed E-state index contributed by atoms with van der Waals surface area (Å²) in [5, 5.41) is 25.4. The zero-order valence-corrected chi connectivity index (χ0v) is 59.4. The van der Waals surface area contributed by atoms with Gasteiger partial charge in [0.1, 0.15) is 78.8 Å². The van der Waals surface area contributed by atoms with Crippen molar-refractivity contribution in [3.05, 3.63) is 80.8 Å². The molecule has 508 valence electrons. The maximum atomic E-state index is 16.8. The Hall–Kier alpha value is -8.26. The van der Waals surface area contributed by atoms with Crippen LogP contribution in [-0.4, -0.2) is 150 Å². The number of halogens is 6. The SMILES string of the molecule is CC(C)(C)OC(=O)Nc1sc2c(F)ccc(-c3c(Cl)cc4c(N5CCN(C(=O)OC(C)(C)C)CC5)nc(S(C)(=O)=O)nc4c3F)c2c1C#N.CSc1nc(N2CCN(C(=O)OC(C)(C)C)CC2)c2cc(Cl)c(-c3ccc(F)c4sc(NC(=O)OC(C)(C)C)c(C#N)c34)c(F)c2n1. The van der Waals surface area contributed by atoms with Crippen molar-refractivity contribution in [3.8, 4) is 34.4 Å². The second kappa shape index (κ2) is 27.3. The van der Waals surface area contributed by atoms with Crippen LogP contribution in [0, 0.1) is 45.9 Å². The molecule has 22 nitrogen and oxygen atoms in total. The van der Waals surface area contributed by atoms with Gasteiger partial charge in [-0.1, -0.05) is 47.1 Å². The molecule has 32 heteroatoms. The third kappa shape index (κ3) is 15.7. The normalized spacial score (nSPS) is 14.1. The number of piperazine rings is 2. The molecule has 0 bridgehead atoms. The summed E-state index contributed by atoms with van der Waals surface area (Å²) in [7, 11) is -4.05. The van der Waals surface area contributed by atoms with Crippen molar-refractivity contribution in [3.63, 3.8) is 0 Å². The number of nitriles is 2. The second-order valence-corrected chi connectivity index (χ2v) is 31.7. The Bertz CT molecular complexity index is 4690. The number of aromatic nitrogens is 4. The van der Waals surface area contributed by atoms with Crippen LogP contribution in [0.2, 0.25) is 10.0 Å². The molecule has 0 unspecified atom stereocenters. The highest BCUT2D eigenvalue weighted by Gasteiger charge is 2.34. The Morgan fingerprint density at radius 3 is 1.28 bits per heavy atom. The number of carbonyl (C=O) groups is 4. The zero-order valence-electron chi connectivity index (χ0n) is 54.6. The third-order valence-electron chi connectivity index (χ3n) is 14.2. The van der Waals surface area contributed by atoms with Crippen LogP contribution in [0.15, 0.2) is 46.7 Å². The number of fused-ring (bicyclic) bond motifs is 4. The van der Waals surface area contributed by atoms with Gasteiger partial charge in [-0.05, 0) is 125 Å². The number of nitrogens with zero attached hydrogens (tertiary/aromatic N) is 10. The summed E-state index contributed by atoms with van der Waals surface area (Å²) >= 11 is 16.4. The number of thioether (sulfide) groups is 1. The molecule has 10 rings (SSSR count). The summed E-state index contributed by atoms with van der Waals surface area (Å²) in [5.74, 6) is -2.65. The molecule has 6 heterocycles. The van der Waals surface area contributed by atoms with E-state index in [9.17, 15) is 38.1 Å². The van der Waals surface area contributed by atoms with Gasteiger partial charge in [0, 0.05) is 91.3 Å². The lowest BCUT2D eigenvalue weighted by molar-refractivity contribution is 0.0230. The van der Waals surface area contributed by atoms with Crippen molar-refractivity contribution in [1.29, 1.82) is 10.5 Å². The lowest BCUT2D eigenvalue weighted by atomic mass is 9.97. The first-order valence-corrected chi connectivity index (χ1v) is 35.1. The number of amides is 4. The van der Waals surface area contributed by atoms with E-state index in [0.29, 0.717) is 42.5 Å². The Morgan fingerprint density at radius 1 is 0.573 bits per heavy atom. The molecule has 2 saturated heterocycles. The summed E-state index contributed by atoms with van der Waals surface area (Å²) in [5.41, 5.74) is -3.76. The van der Waals surface area contributed by atoms with Gasteiger partial charge in [0.25, 0.3) is 0 Å². The minimum atomic E-state index is -4.05. The van der Waals surface area contributed by atoms with Crippen molar-refractivity contribution in [2.75, 3.05) is 85.3 Å². The molecule has 0 saturated carbocycles. The molecule has 0 aliphatic carbocycles. The van der Waals surface area contributed by atoms with Gasteiger partial charge in [-0.15, -0.1) is 22.7 Å². The molecule has 2 N–H and O–H groups in total. The first kappa shape index (κ1) is 72.0. The number of hydrogen-bond acceptors (Lipinski definition) is 21. The van der Waals surface area contributed by atoms with Crippen LogP contribution >= 0.6 is 57.6 Å². The van der Waals surface area contributed by atoms with Crippen molar-refractivity contribution >= 4 is 155 Å². The first-order valence-electron chi connectivity index (χ1n) is 29.6. The van der Waals surface area contributed by atoms with Crippen molar-refractivity contribution in [2.45, 2.75) is 116 Å². The molecule has 2 fully saturated rings. The molecule has 0 spiro atoms. The quantitative estimate of drug-likeness (QED) is 0.0619. The predicted molar refractivity (Wildman–Crippen MR) is 365 cm³/mol. The summed E-state index contributed by atoms with van der Waals surface area (Å²) in [6.07, 6.45) is 0.0485. The number of thiophene rings is 2. The van der Waals surface area contributed by atoms with Crippen LogP contribution in [0.3, 0.4) is 0 Å². The molecule has 0 radical (unpaired) electrons. The monoisotopic (exact) mass is 1440 g/mol. The summed E-state index contributed by atoms with van der Waals surface area (Å²) < 4.78 is 111. The Kier molecular flexibility index (Phi) is 20.5. The van der Waals surface area contributed by atoms with Crippen LogP contribution in [-0.2, 0) is 28.8 Å². The topological polar surface area (TPSA) is 275 Å². The largest absolute Gasteiger partial charge is 0.444 e. The molecule has 2 aliphatic rings. The molecule has 8 aromatic rings. The standard InChI is InChI=1S/C32H33ClF2N6O6S2.C32H33ClF2N6O4S2/c1-31(2,3)46-29(42)39-27-18(15-36)21-16(8-9-20(34)25(21)48-27)22-19(33)14-17-24(23(22)35)37-28(49(7,44)45)38-26(17)40-10-12-41(13-11-40)30(43)47-32(4,5)6;1-31(2,3)44-29(42)39-27-18(15-36)21-16(8-9-20(34)25(21)47-27)22-19(33)14-17-24(23(22)35)37-28(46-7)38-26(17)40-10-12-41(13-11-40)30(43)45-32(4,5)6/h8-9,14H,10-13H2,1-7H3,(H,39,42);8-9,14H,10-13H2,1-7H3,(H,39,42). The number of rotatable bonds is 8. The van der Waals surface area contributed by atoms with E-state index in [1.165, 1.54) is 34.9 Å². The van der Waals surface area contributed by atoms with Crippen LogP contribution in [0.25, 0.3) is 64.2 Å². The van der Waals surface area contributed by atoms with E-state index in [-0.39, 0.29) is 122 Å². The van der Waals surface area contributed by atoms with Crippen LogP contribution in [0.4, 0.5) is 58.4 Å². The lowest BCUT2D eigenvalue weighted by Crippen LogP contribution is -2.50. The fourth-order valence-corrected chi connectivity index (χ4v) is 13.9.